The van der Waals surface area contributed by atoms with Crippen molar-refractivity contribution in [3.63, 3.8) is 0 Å². The number of halogens is 1. The van der Waals surface area contributed by atoms with Crippen molar-refractivity contribution in [3.05, 3.63) is 0 Å². The van der Waals surface area contributed by atoms with Crippen LogP contribution in [-0.4, -0.2) is 49.0 Å². The number of nitrogens with one attached hydrogen (secondary N) is 2. The normalized spacial score (nSPS) is 25.9. The molecule has 2 N–H and O–H groups in total. The molecule has 3 rings (SSSR count). The van der Waals surface area contributed by atoms with E-state index in [1.807, 2.05) is 0 Å². The number of rotatable bonds is 5. The van der Waals surface area contributed by atoms with Crippen LogP contribution in [0, 0.1) is 11.3 Å². The van der Waals surface area contributed by atoms with Gasteiger partial charge in [-0.3, -0.25) is 9.79 Å². The number of amides is 1. The Hall–Kier alpha value is -0.530. The number of aliphatic imine (C=N–C) groups is 1. The van der Waals surface area contributed by atoms with Crippen molar-refractivity contribution in [2.45, 2.75) is 84.1 Å². The number of hydrogen-bond donors (Lipinski definition) is 2. The van der Waals surface area contributed by atoms with Crippen LogP contribution in [-0.2, 0) is 4.79 Å². The molecule has 2 saturated carbocycles. The van der Waals surface area contributed by atoms with Gasteiger partial charge in [0, 0.05) is 38.1 Å². The highest BCUT2D eigenvalue weighted by atomic mass is 127. The van der Waals surface area contributed by atoms with Gasteiger partial charge < -0.3 is 15.5 Å². The number of hydrogen-bond acceptors (Lipinski definition) is 2. The minimum atomic E-state index is 0. The van der Waals surface area contributed by atoms with Gasteiger partial charge in [0.15, 0.2) is 5.96 Å². The maximum absolute atomic E-state index is 12.8. The first kappa shape index (κ1) is 22.8. The summed E-state index contributed by atoms with van der Waals surface area (Å²) in [5.74, 6) is 1.61. The Balaban J connectivity index is 0.00000261. The molecule has 6 heteroatoms. The van der Waals surface area contributed by atoms with Gasteiger partial charge in [-0.1, -0.05) is 39.0 Å². The Bertz CT molecular complexity index is 498. The third kappa shape index (κ3) is 6.50. The van der Waals surface area contributed by atoms with Crippen molar-refractivity contribution in [2.75, 3.05) is 26.2 Å². The molecule has 2 aliphatic carbocycles. The third-order valence-corrected chi connectivity index (χ3v) is 6.57. The molecular weight excluding hydrogens is 451 g/mol. The molecule has 1 amide bonds. The summed E-state index contributed by atoms with van der Waals surface area (Å²) in [6.07, 6.45) is 12.2. The zero-order chi connectivity index (χ0) is 18.4. The van der Waals surface area contributed by atoms with Crippen molar-refractivity contribution < 1.29 is 4.79 Å². The van der Waals surface area contributed by atoms with E-state index >= 15 is 0 Å². The van der Waals surface area contributed by atoms with Crippen LogP contribution >= 0.6 is 24.0 Å². The predicted octanol–water partition coefficient (Wildman–Crippen LogP) is 3.92. The van der Waals surface area contributed by atoms with Crippen LogP contribution in [0.3, 0.4) is 0 Å². The number of guanidine groups is 1. The van der Waals surface area contributed by atoms with Crippen molar-refractivity contribution in [1.82, 2.24) is 15.5 Å². The highest BCUT2D eigenvalue weighted by molar-refractivity contribution is 14.0. The van der Waals surface area contributed by atoms with Gasteiger partial charge in [-0.2, -0.15) is 0 Å². The first-order valence-corrected chi connectivity index (χ1v) is 10.9. The van der Waals surface area contributed by atoms with Crippen molar-refractivity contribution in [3.8, 4) is 0 Å². The fraction of sp³-hybridized carbons (Fsp3) is 0.905. The summed E-state index contributed by atoms with van der Waals surface area (Å²) >= 11 is 0. The summed E-state index contributed by atoms with van der Waals surface area (Å²) in [5, 5.41) is 6.98. The Morgan fingerprint density at radius 1 is 1.11 bits per heavy atom. The smallest absolute Gasteiger partial charge is 0.225 e. The van der Waals surface area contributed by atoms with Gasteiger partial charge in [0.2, 0.25) is 5.91 Å². The van der Waals surface area contributed by atoms with Crippen LogP contribution in [0.25, 0.3) is 0 Å². The Kier molecular flexibility index (Phi) is 9.16. The molecule has 1 saturated heterocycles. The third-order valence-electron chi connectivity index (χ3n) is 6.57. The summed E-state index contributed by atoms with van der Waals surface area (Å²) in [6, 6.07) is 0.330. The molecule has 1 atom stereocenters. The minimum Gasteiger partial charge on any atom is -0.357 e. The standard InChI is InChI=1S/C21H38N4O.HI/c1-3-22-20(23-16-21(2)12-7-8-13-21)24-18-11-14-25(15-18)19(26)17-9-5-4-6-10-17;/h17-18H,3-16H2,1-2H3,(H2,22,23,24);1H. The fourth-order valence-electron chi connectivity index (χ4n) is 4.86. The van der Waals surface area contributed by atoms with E-state index in [2.05, 4.69) is 29.4 Å². The van der Waals surface area contributed by atoms with E-state index in [-0.39, 0.29) is 29.9 Å². The lowest BCUT2D eigenvalue weighted by Gasteiger charge is -2.26. The maximum atomic E-state index is 12.8. The van der Waals surface area contributed by atoms with Crippen LogP contribution < -0.4 is 10.6 Å². The lowest BCUT2D eigenvalue weighted by Crippen LogP contribution is -2.46. The summed E-state index contributed by atoms with van der Waals surface area (Å²) < 4.78 is 0. The lowest BCUT2D eigenvalue weighted by molar-refractivity contribution is -0.135. The molecule has 0 bridgehead atoms. The van der Waals surface area contributed by atoms with E-state index in [9.17, 15) is 4.79 Å². The molecule has 3 aliphatic rings. The summed E-state index contributed by atoms with van der Waals surface area (Å²) in [6.45, 7) is 7.98. The molecule has 5 nitrogen and oxygen atoms in total. The quantitative estimate of drug-likeness (QED) is 0.349. The van der Waals surface area contributed by atoms with E-state index < -0.39 is 0 Å². The van der Waals surface area contributed by atoms with E-state index in [0.29, 0.717) is 17.4 Å². The zero-order valence-corrected chi connectivity index (χ0v) is 19.6. The first-order valence-electron chi connectivity index (χ1n) is 10.9. The molecule has 27 heavy (non-hydrogen) atoms. The van der Waals surface area contributed by atoms with E-state index in [1.54, 1.807) is 0 Å². The average molecular weight is 490 g/mol. The van der Waals surface area contributed by atoms with Crippen LogP contribution in [0.2, 0.25) is 0 Å². The number of likely N-dealkylation sites (tertiary alicyclic amines) is 1. The Morgan fingerprint density at radius 2 is 1.81 bits per heavy atom. The van der Waals surface area contributed by atoms with E-state index in [4.69, 9.17) is 4.99 Å². The number of carbonyl (C=O) groups excluding carboxylic acids is 1. The predicted molar refractivity (Wildman–Crippen MR) is 123 cm³/mol. The summed E-state index contributed by atoms with van der Waals surface area (Å²) in [7, 11) is 0. The first-order chi connectivity index (χ1) is 12.6. The molecule has 0 aromatic rings. The largest absolute Gasteiger partial charge is 0.357 e. The highest BCUT2D eigenvalue weighted by Gasteiger charge is 2.32. The Labute approximate surface area is 182 Å². The molecule has 1 aliphatic heterocycles. The van der Waals surface area contributed by atoms with Gasteiger partial charge in [0.05, 0.1) is 0 Å². The second-order valence-corrected chi connectivity index (χ2v) is 8.96. The average Bonchev–Trinajstić information content (AvgIpc) is 3.30. The topological polar surface area (TPSA) is 56.7 Å². The molecule has 0 aromatic heterocycles. The van der Waals surface area contributed by atoms with E-state index in [1.165, 1.54) is 44.9 Å². The second kappa shape index (κ2) is 10.9. The van der Waals surface area contributed by atoms with Gasteiger partial charge in [-0.15, -0.1) is 24.0 Å². The molecule has 1 heterocycles. The van der Waals surface area contributed by atoms with Gasteiger partial charge in [-0.05, 0) is 44.4 Å². The van der Waals surface area contributed by atoms with Crippen molar-refractivity contribution >= 4 is 35.8 Å². The summed E-state index contributed by atoms with van der Waals surface area (Å²) in [4.78, 5) is 19.7. The molecule has 0 spiro atoms. The molecule has 0 aromatic carbocycles. The highest BCUT2D eigenvalue weighted by Crippen LogP contribution is 2.37. The zero-order valence-electron chi connectivity index (χ0n) is 17.3. The molecule has 156 valence electrons. The maximum Gasteiger partial charge on any atom is 0.225 e. The fourth-order valence-corrected chi connectivity index (χ4v) is 4.86. The summed E-state index contributed by atoms with van der Waals surface area (Å²) in [5.41, 5.74) is 0.376. The van der Waals surface area contributed by atoms with Crippen LogP contribution in [0.4, 0.5) is 0 Å². The number of carbonyl (C=O) groups is 1. The minimum absolute atomic E-state index is 0. The molecule has 0 radical (unpaired) electrons. The molecule has 3 fully saturated rings. The van der Waals surface area contributed by atoms with Crippen molar-refractivity contribution in [1.29, 1.82) is 0 Å². The van der Waals surface area contributed by atoms with Gasteiger partial charge in [0.1, 0.15) is 0 Å². The van der Waals surface area contributed by atoms with Gasteiger partial charge >= 0.3 is 0 Å². The molecule has 1 unspecified atom stereocenters. The SMILES string of the molecule is CCNC(=NCC1(C)CCCC1)NC1CCN(C(=O)C2CCCCC2)C1.I. The van der Waals surface area contributed by atoms with Crippen LogP contribution in [0.5, 0.6) is 0 Å². The van der Waals surface area contributed by atoms with Crippen molar-refractivity contribution in [2.24, 2.45) is 16.3 Å². The van der Waals surface area contributed by atoms with Crippen LogP contribution in [0.1, 0.15) is 78.1 Å². The van der Waals surface area contributed by atoms with Crippen LogP contribution in [0.15, 0.2) is 4.99 Å². The molecular formula is C21H39IN4O. The lowest BCUT2D eigenvalue weighted by atomic mass is 9.88. The number of nitrogens with zero attached hydrogens (tertiary/aromatic N) is 2. The van der Waals surface area contributed by atoms with Gasteiger partial charge in [-0.25, -0.2) is 0 Å². The van der Waals surface area contributed by atoms with Gasteiger partial charge in [0.25, 0.3) is 0 Å². The second-order valence-electron chi connectivity index (χ2n) is 8.96. The monoisotopic (exact) mass is 490 g/mol. The van der Waals surface area contributed by atoms with E-state index in [0.717, 1.165) is 51.4 Å². The Morgan fingerprint density at radius 3 is 2.48 bits per heavy atom.